The zero-order valence-electron chi connectivity index (χ0n) is 16.0. The molecule has 3 aromatic rings. The molecule has 0 saturated carbocycles. The van der Waals surface area contributed by atoms with Crippen molar-refractivity contribution in [3.63, 3.8) is 0 Å². The van der Waals surface area contributed by atoms with Crippen molar-refractivity contribution in [3.8, 4) is 11.6 Å². The summed E-state index contributed by atoms with van der Waals surface area (Å²) in [6.07, 6.45) is -6.94. The molecule has 0 aliphatic carbocycles. The van der Waals surface area contributed by atoms with E-state index in [1.807, 2.05) is 0 Å². The summed E-state index contributed by atoms with van der Waals surface area (Å²) >= 11 is 0. The Morgan fingerprint density at radius 1 is 0.938 bits per heavy atom. The topological polar surface area (TPSA) is 71.3 Å². The fourth-order valence-corrected chi connectivity index (χ4v) is 3.17. The zero-order valence-corrected chi connectivity index (χ0v) is 16.0. The Labute approximate surface area is 176 Å². The Morgan fingerprint density at radius 2 is 1.62 bits per heavy atom. The molecule has 2 aromatic heterocycles. The monoisotopic (exact) mass is 460 g/mol. The maximum Gasteiger partial charge on any atom is 0.433 e. The molecule has 170 valence electrons. The Kier molecular flexibility index (Phi) is 5.54. The lowest BCUT2D eigenvalue weighted by Crippen LogP contribution is -2.36. The van der Waals surface area contributed by atoms with E-state index in [-0.39, 0.29) is 25.5 Å². The van der Waals surface area contributed by atoms with E-state index in [1.54, 1.807) is 0 Å². The number of hydrogen-bond acceptors (Lipinski definition) is 6. The molecular weight excluding hydrogens is 446 g/mol. The van der Waals surface area contributed by atoms with E-state index in [0.717, 1.165) is 36.4 Å². The molecule has 1 aromatic carbocycles. The van der Waals surface area contributed by atoms with E-state index in [2.05, 4.69) is 15.1 Å². The standard InChI is InChI=1S/C19H14F6N4O3/c20-18(21,22)12-1-3-13(4-2-12)32-15-6-5-14(16(28-15)19(23,24)25)17(30-7-8-31-17)9-29-11-26-10-27-29/h1-6,10-11H,7-9H2. The minimum Gasteiger partial charge on any atom is -0.439 e. The van der Waals surface area contributed by atoms with Gasteiger partial charge in [-0.15, -0.1) is 0 Å². The van der Waals surface area contributed by atoms with Crippen molar-refractivity contribution < 1.29 is 40.6 Å². The van der Waals surface area contributed by atoms with Gasteiger partial charge >= 0.3 is 12.4 Å². The van der Waals surface area contributed by atoms with Crippen LogP contribution in [0.4, 0.5) is 26.3 Å². The molecular formula is C19H14F6N4O3. The fraction of sp³-hybridized carbons (Fsp3) is 0.316. The van der Waals surface area contributed by atoms with Crippen LogP contribution in [0.5, 0.6) is 11.6 Å². The first kappa shape index (κ1) is 22.0. The molecule has 3 heterocycles. The van der Waals surface area contributed by atoms with Crippen LogP contribution in [0.1, 0.15) is 16.8 Å². The second-order valence-corrected chi connectivity index (χ2v) is 6.71. The number of rotatable bonds is 5. The van der Waals surface area contributed by atoms with Crippen molar-refractivity contribution in [3.05, 3.63) is 65.9 Å². The van der Waals surface area contributed by atoms with Gasteiger partial charge in [-0.2, -0.15) is 31.4 Å². The van der Waals surface area contributed by atoms with Crippen molar-refractivity contribution in [2.45, 2.75) is 24.7 Å². The molecule has 1 aliphatic rings. The van der Waals surface area contributed by atoms with Crippen LogP contribution >= 0.6 is 0 Å². The van der Waals surface area contributed by atoms with Crippen LogP contribution in [0.25, 0.3) is 0 Å². The molecule has 1 fully saturated rings. The molecule has 0 bridgehead atoms. The first-order valence-corrected chi connectivity index (χ1v) is 9.11. The quantitative estimate of drug-likeness (QED) is 0.526. The third-order valence-corrected chi connectivity index (χ3v) is 4.54. The summed E-state index contributed by atoms with van der Waals surface area (Å²) < 4.78 is 97.2. The summed E-state index contributed by atoms with van der Waals surface area (Å²) in [4.78, 5) is 7.31. The second kappa shape index (κ2) is 8.06. The molecule has 0 N–H and O–H groups in total. The van der Waals surface area contributed by atoms with Crippen LogP contribution in [0.15, 0.2) is 49.1 Å². The van der Waals surface area contributed by atoms with E-state index >= 15 is 0 Å². The Balaban J connectivity index is 1.68. The van der Waals surface area contributed by atoms with Crippen LogP contribution in [0.2, 0.25) is 0 Å². The summed E-state index contributed by atoms with van der Waals surface area (Å²) in [7, 11) is 0. The van der Waals surface area contributed by atoms with E-state index < -0.39 is 40.8 Å². The van der Waals surface area contributed by atoms with Gasteiger partial charge in [0, 0.05) is 11.6 Å². The highest BCUT2D eigenvalue weighted by atomic mass is 19.4. The van der Waals surface area contributed by atoms with Crippen LogP contribution in [0.3, 0.4) is 0 Å². The van der Waals surface area contributed by atoms with Gasteiger partial charge in [-0.3, -0.25) is 0 Å². The molecule has 0 unspecified atom stereocenters. The molecule has 0 radical (unpaired) electrons. The van der Waals surface area contributed by atoms with Crippen LogP contribution in [-0.2, 0) is 34.2 Å². The average molecular weight is 460 g/mol. The number of benzene rings is 1. The SMILES string of the molecule is FC(F)(F)c1ccc(Oc2ccc(C3(Cn4cncn4)OCCO3)c(C(F)(F)F)n2)cc1. The first-order chi connectivity index (χ1) is 15.1. The molecule has 13 heteroatoms. The van der Waals surface area contributed by atoms with Crippen molar-refractivity contribution in [1.29, 1.82) is 0 Å². The maximum absolute atomic E-state index is 13.9. The van der Waals surface area contributed by atoms with Gasteiger partial charge in [-0.25, -0.2) is 14.6 Å². The summed E-state index contributed by atoms with van der Waals surface area (Å²) in [5, 5.41) is 3.88. The Morgan fingerprint density at radius 3 is 2.19 bits per heavy atom. The normalized spacial score (nSPS) is 16.3. The number of alkyl halides is 6. The molecule has 0 atom stereocenters. The zero-order chi connectivity index (χ0) is 23.0. The fourth-order valence-electron chi connectivity index (χ4n) is 3.17. The smallest absolute Gasteiger partial charge is 0.433 e. The van der Waals surface area contributed by atoms with E-state index in [1.165, 1.54) is 17.3 Å². The van der Waals surface area contributed by atoms with Gasteiger partial charge < -0.3 is 14.2 Å². The van der Waals surface area contributed by atoms with E-state index in [9.17, 15) is 26.3 Å². The molecule has 32 heavy (non-hydrogen) atoms. The van der Waals surface area contributed by atoms with E-state index in [0.29, 0.717) is 0 Å². The molecule has 0 spiro atoms. The second-order valence-electron chi connectivity index (χ2n) is 6.71. The van der Waals surface area contributed by atoms with Gasteiger partial charge in [0.25, 0.3) is 0 Å². The number of pyridine rings is 1. The number of nitrogens with zero attached hydrogens (tertiary/aromatic N) is 4. The van der Waals surface area contributed by atoms with Gasteiger partial charge in [-0.05, 0) is 30.3 Å². The summed E-state index contributed by atoms with van der Waals surface area (Å²) in [5.41, 5.74) is -2.63. The van der Waals surface area contributed by atoms with Crippen LogP contribution in [0, 0.1) is 0 Å². The molecule has 1 aliphatic heterocycles. The van der Waals surface area contributed by atoms with Crippen LogP contribution in [-0.4, -0.2) is 33.0 Å². The van der Waals surface area contributed by atoms with Crippen molar-refractivity contribution >= 4 is 0 Å². The third kappa shape index (κ3) is 4.53. The van der Waals surface area contributed by atoms with Crippen LogP contribution < -0.4 is 4.74 Å². The predicted molar refractivity (Wildman–Crippen MR) is 94.4 cm³/mol. The van der Waals surface area contributed by atoms with Gasteiger partial charge in [0.2, 0.25) is 11.7 Å². The highest BCUT2D eigenvalue weighted by Crippen LogP contribution is 2.42. The largest absolute Gasteiger partial charge is 0.439 e. The lowest BCUT2D eigenvalue weighted by molar-refractivity contribution is -0.189. The lowest BCUT2D eigenvalue weighted by Gasteiger charge is -2.29. The third-order valence-electron chi connectivity index (χ3n) is 4.54. The van der Waals surface area contributed by atoms with Gasteiger partial charge in [0.1, 0.15) is 24.9 Å². The lowest BCUT2D eigenvalue weighted by atomic mass is 10.0. The number of halogens is 6. The molecule has 0 amide bonds. The summed E-state index contributed by atoms with van der Waals surface area (Å²) in [6, 6.07) is 5.72. The Bertz CT molecular complexity index is 1060. The highest BCUT2D eigenvalue weighted by Gasteiger charge is 2.48. The molecule has 4 rings (SSSR count). The number of aromatic nitrogens is 4. The number of hydrogen-bond donors (Lipinski definition) is 0. The van der Waals surface area contributed by atoms with Gasteiger partial charge in [-0.1, -0.05) is 0 Å². The van der Waals surface area contributed by atoms with Crippen molar-refractivity contribution in [2.75, 3.05) is 13.2 Å². The summed E-state index contributed by atoms with van der Waals surface area (Å²) in [5.74, 6) is -2.38. The highest BCUT2D eigenvalue weighted by molar-refractivity contribution is 5.36. The molecule has 1 saturated heterocycles. The predicted octanol–water partition coefficient (Wildman–Crippen LogP) is 4.40. The minimum absolute atomic E-state index is 0.0514. The maximum atomic E-state index is 13.9. The summed E-state index contributed by atoms with van der Waals surface area (Å²) in [6.45, 7) is -0.109. The number of ether oxygens (including phenoxy) is 3. The van der Waals surface area contributed by atoms with Crippen molar-refractivity contribution in [1.82, 2.24) is 19.7 Å². The van der Waals surface area contributed by atoms with Gasteiger partial charge in [0.15, 0.2) is 5.69 Å². The van der Waals surface area contributed by atoms with Crippen molar-refractivity contribution in [2.24, 2.45) is 0 Å². The average Bonchev–Trinajstić information content (AvgIpc) is 3.40. The minimum atomic E-state index is -4.90. The van der Waals surface area contributed by atoms with E-state index in [4.69, 9.17) is 14.2 Å². The van der Waals surface area contributed by atoms with Gasteiger partial charge in [0.05, 0.1) is 18.8 Å². The molecule has 7 nitrogen and oxygen atoms in total. The first-order valence-electron chi connectivity index (χ1n) is 9.11. The Hall–Kier alpha value is -3.19.